The number of hydrogen-bond donors (Lipinski definition) is 0. The van der Waals surface area contributed by atoms with Crippen LogP contribution in [0.5, 0.6) is 5.75 Å². The lowest BCUT2D eigenvalue weighted by Crippen LogP contribution is -2.47. The number of benzene rings is 2. The molecule has 1 fully saturated rings. The summed E-state index contributed by atoms with van der Waals surface area (Å²) in [4.78, 5) is 21.1. The van der Waals surface area contributed by atoms with Crippen LogP contribution in [0.15, 0.2) is 54.6 Å². The highest BCUT2D eigenvalue weighted by Gasteiger charge is 2.21. The summed E-state index contributed by atoms with van der Waals surface area (Å²) in [6, 6.07) is 18.2. The Hall–Kier alpha value is -3.08. The first-order valence-corrected chi connectivity index (χ1v) is 9.37. The molecule has 0 unspecified atom stereocenters. The zero-order valence-electron chi connectivity index (χ0n) is 15.5. The van der Waals surface area contributed by atoms with Crippen LogP contribution >= 0.6 is 0 Å². The maximum Gasteiger partial charge on any atom is 0.153 e. The number of hydrogen-bond acceptors (Lipinski definition) is 5. The Labute approximate surface area is 159 Å². The third kappa shape index (κ3) is 3.45. The Bertz CT molecular complexity index is 935. The van der Waals surface area contributed by atoms with Crippen molar-refractivity contribution < 1.29 is 9.53 Å². The second-order valence-electron chi connectivity index (χ2n) is 6.59. The zero-order valence-corrected chi connectivity index (χ0v) is 15.5. The van der Waals surface area contributed by atoms with Crippen LogP contribution in [0.2, 0.25) is 0 Å². The van der Waals surface area contributed by atoms with Crippen LogP contribution < -0.4 is 14.5 Å². The van der Waals surface area contributed by atoms with E-state index in [1.54, 1.807) is 0 Å². The van der Waals surface area contributed by atoms with E-state index in [-0.39, 0.29) is 0 Å². The highest BCUT2D eigenvalue weighted by Crippen LogP contribution is 2.30. The Morgan fingerprint density at radius 1 is 1.00 bits per heavy atom. The minimum Gasteiger partial charge on any atom is -0.492 e. The summed E-state index contributed by atoms with van der Waals surface area (Å²) in [5.74, 6) is 1.51. The first-order valence-electron chi connectivity index (χ1n) is 9.37. The van der Waals surface area contributed by atoms with Crippen molar-refractivity contribution in [3.05, 3.63) is 60.2 Å². The molecule has 5 nitrogen and oxygen atoms in total. The lowest BCUT2D eigenvalue weighted by Gasteiger charge is -2.37. The molecule has 1 aliphatic heterocycles. The number of ether oxygens (including phenoxy) is 1. The van der Waals surface area contributed by atoms with Gasteiger partial charge in [0.25, 0.3) is 0 Å². The maximum absolute atomic E-state index is 11.7. The second kappa shape index (κ2) is 7.66. The average molecular weight is 361 g/mol. The van der Waals surface area contributed by atoms with Crippen molar-refractivity contribution >= 4 is 28.7 Å². The van der Waals surface area contributed by atoms with Crippen molar-refractivity contribution in [1.82, 2.24) is 4.98 Å². The van der Waals surface area contributed by atoms with Gasteiger partial charge in [-0.1, -0.05) is 30.3 Å². The van der Waals surface area contributed by atoms with Crippen LogP contribution in [0.25, 0.3) is 10.9 Å². The molecule has 0 aliphatic carbocycles. The molecule has 5 heteroatoms. The Morgan fingerprint density at radius 2 is 1.74 bits per heavy atom. The lowest BCUT2D eigenvalue weighted by atomic mass is 10.1. The number of nitrogens with zero attached hydrogens (tertiary/aromatic N) is 3. The van der Waals surface area contributed by atoms with E-state index in [0.717, 1.165) is 54.9 Å². The number of anilines is 2. The zero-order chi connectivity index (χ0) is 18.6. The third-order valence-electron chi connectivity index (χ3n) is 4.94. The minimum atomic E-state index is 0.585. The predicted molar refractivity (Wildman–Crippen MR) is 109 cm³/mol. The van der Waals surface area contributed by atoms with E-state index in [4.69, 9.17) is 9.72 Å². The fourth-order valence-electron chi connectivity index (χ4n) is 3.61. The van der Waals surface area contributed by atoms with Crippen LogP contribution in [0, 0.1) is 0 Å². The number of para-hydroxylation sites is 2. The Balaban J connectivity index is 1.63. The highest BCUT2D eigenvalue weighted by molar-refractivity contribution is 5.94. The van der Waals surface area contributed by atoms with Crippen molar-refractivity contribution in [3.63, 3.8) is 0 Å². The Kier molecular flexibility index (Phi) is 4.92. The van der Waals surface area contributed by atoms with Gasteiger partial charge in [0.2, 0.25) is 0 Å². The maximum atomic E-state index is 11.7. The van der Waals surface area contributed by atoms with Crippen molar-refractivity contribution in [2.45, 2.75) is 6.92 Å². The molecule has 2 aromatic carbocycles. The van der Waals surface area contributed by atoms with Gasteiger partial charge in [0.15, 0.2) is 6.29 Å². The van der Waals surface area contributed by atoms with Crippen molar-refractivity contribution in [1.29, 1.82) is 0 Å². The molecular formula is C22H23N3O2. The fourth-order valence-corrected chi connectivity index (χ4v) is 3.61. The molecule has 138 valence electrons. The van der Waals surface area contributed by atoms with E-state index < -0.39 is 0 Å². The third-order valence-corrected chi connectivity index (χ3v) is 4.94. The molecule has 0 N–H and O–H groups in total. The number of carbonyl (C=O) groups excluding carboxylic acids is 1. The van der Waals surface area contributed by atoms with Crippen LogP contribution in [0.4, 0.5) is 11.5 Å². The van der Waals surface area contributed by atoms with Gasteiger partial charge in [-0.05, 0) is 31.2 Å². The summed E-state index contributed by atoms with van der Waals surface area (Å²) in [6.45, 7) is 5.99. The number of pyridine rings is 1. The van der Waals surface area contributed by atoms with Gasteiger partial charge in [-0.25, -0.2) is 4.98 Å². The standard InChI is InChI=1S/C22H23N3O2/c1-2-27-20-10-6-7-17-15-18(16-26)22(23-21(17)20)25-13-11-24(12-14-25)19-8-4-3-5-9-19/h3-10,15-16H,2,11-14H2,1H3. The summed E-state index contributed by atoms with van der Waals surface area (Å²) in [5.41, 5.74) is 2.67. The second-order valence-corrected chi connectivity index (χ2v) is 6.59. The summed E-state index contributed by atoms with van der Waals surface area (Å²) in [5, 5.41) is 0.926. The molecule has 0 atom stereocenters. The smallest absolute Gasteiger partial charge is 0.153 e. The SMILES string of the molecule is CCOc1cccc2cc(C=O)c(N3CCN(c4ccccc4)CC3)nc12. The van der Waals surface area contributed by atoms with Crippen LogP contribution in [-0.2, 0) is 0 Å². The molecule has 0 radical (unpaired) electrons. The van der Waals surface area contributed by atoms with Gasteiger partial charge in [0.05, 0.1) is 12.2 Å². The molecule has 27 heavy (non-hydrogen) atoms. The molecule has 0 saturated carbocycles. The molecule has 1 saturated heterocycles. The van der Waals surface area contributed by atoms with Gasteiger partial charge in [-0.2, -0.15) is 0 Å². The number of aromatic nitrogens is 1. The van der Waals surface area contributed by atoms with E-state index in [1.165, 1.54) is 5.69 Å². The number of carbonyl (C=O) groups is 1. The van der Waals surface area contributed by atoms with Crippen LogP contribution in [-0.4, -0.2) is 44.1 Å². The summed E-state index contributed by atoms with van der Waals surface area (Å²) in [6.07, 6.45) is 0.901. The normalized spacial score (nSPS) is 14.4. The average Bonchev–Trinajstić information content (AvgIpc) is 2.74. The molecule has 0 amide bonds. The lowest BCUT2D eigenvalue weighted by molar-refractivity contribution is 0.112. The van der Waals surface area contributed by atoms with Crippen molar-refractivity contribution in [3.8, 4) is 5.75 Å². The number of rotatable bonds is 5. The van der Waals surface area contributed by atoms with E-state index in [0.29, 0.717) is 12.2 Å². The molecule has 1 aromatic heterocycles. The van der Waals surface area contributed by atoms with Gasteiger partial charge in [0, 0.05) is 37.3 Å². The predicted octanol–water partition coefficient (Wildman–Crippen LogP) is 3.77. The van der Waals surface area contributed by atoms with Crippen molar-refractivity contribution in [2.24, 2.45) is 0 Å². The quantitative estimate of drug-likeness (QED) is 0.647. The van der Waals surface area contributed by atoms with Crippen molar-refractivity contribution in [2.75, 3.05) is 42.6 Å². The van der Waals surface area contributed by atoms with E-state index in [1.807, 2.05) is 37.3 Å². The van der Waals surface area contributed by atoms with E-state index in [9.17, 15) is 4.79 Å². The highest BCUT2D eigenvalue weighted by atomic mass is 16.5. The number of piperazine rings is 1. The first-order chi connectivity index (χ1) is 13.3. The molecule has 1 aliphatic rings. The number of aldehydes is 1. The summed E-state index contributed by atoms with van der Waals surface area (Å²) >= 11 is 0. The van der Waals surface area contributed by atoms with E-state index in [2.05, 4.69) is 34.1 Å². The molecule has 0 spiro atoms. The molecule has 4 rings (SSSR count). The van der Waals surface area contributed by atoms with Crippen LogP contribution in [0.1, 0.15) is 17.3 Å². The van der Waals surface area contributed by atoms with Gasteiger partial charge < -0.3 is 14.5 Å². The molecular weight excluding hydrogens is 338 g/mol. The molecule has 3 aromatic rings. The molecule has 0 bridgehead atoms. The van der Waals surface area contributed by atoms with E-state index >= 15 is 0 Å². The fraction of sp³-hybridized carbons (Fsp3) is 0.273. The van der Waals surface area contributed by atoms with Gasteiger partial charge in [-0.15, -0.1) is 0 Å². The topological polar surface area (TPSA) is 45.7 Å². The molecule has 2 heterocycles. The summed E-state index contributed by atoms with van der Waals surface area (Å²) in [7, 11) is 0. The number of fused-ring (bicyclic) bond motifs is 1. The van der Waals surface area contributed by atoms with Crippen LogP contribution in [0.3, 0.4) is 0 Å². The van der Waals surface area contributed by atoms with Gasteiger partial charge >= 0.3 is 0 Å². The minimum absolute atomic E-state index is 0.585. The monoisotopic (exact) mass is 361 g/mol. The largest absolute Gasteiger partial charge is 0.492 e. The van der Waals surface area contributed by atoms with Gasteiger partial charge in [-0.3, -0.25) is 4.79 Å². The summed E-state index contributed by atoms with van der Waals surface area (Å²) < 4.78 is 5.73. The first kappa shape index (κ1) is 17.3. The van der Waals surface area contributed by atoms with Gasteiger partial charge in [0.1, 0.15) is 17.1 Å². The Morgan fingerprint density at radius 3 is 2.44 bits per heavy atom.